The Morgan fingerprint density at radius 1 is 0.444 bits per heavy atom. The van der Waals surface area contributed by atoms with Crippen LogP contribution < -0.4 is 5.32 Å². The first-order valence-corrected chi connectivity index (χ1v) is 28.1. The summed E-state index contributed by atoms with van der Waals surface area (Å²) in [7, 11) is 0. The maximum atomic E-state index is 12.4. The summed E-state index contributed by atoms with van der Waals surface area (Å²) in [5.74, 6) is -0.0455. The summed E-state index contributed by atoms with van der Waals surface area (Å²) >= 11 is 0. The van der Waals surface area contributed by atoms with E-state index in [0.29, 0.717) is 25.9 Å². The number of unbranched alkanes of at least 4 members (excludes halogenated alkanes) is 37. The normalized spacial score (nSPS) is 12.8. The van der Waals surface area contributed by atoms with Crippen molar-refractivity contribution in [1.29, 1.82) is 0 Å². The maximum absolute atomic E-state index is 12.4. The number of carbonyl (C=O) groups excluding carboxylic acids is 2. The van der Waals surface area contributed by atoms with E-state index >= 15 is 0 Å². The summed E-state index contributed by atoms with van der Waals surface area (Å²) in [5, 5.41) is 23.2. The van der Waals surface area contributed by atoms with E-state index in [1.807, 2.05) is 0 Å². The van der Waals surface area contributed by atoms with Gasteiger partial charge in [0.1, 0.15) is 0 Å². The number of ether oxygens (including phenoxy) is 1. The fourth-order valence-corrected chi connectivity index (χ4v) is 8.67. The van der Waals surface area contributed by atoms with Gasteiger partial charge < -0.3 is 20.3 Å². The van der Waals surface area contributed by atoms with E-state index in [2.05, 4.69) is 43.5 Å². The van der Waals surface area contributed by atoms with Crippen molar-refractivity contribution in [2.75, 3.05) is 13.2 Å². The number of hydrogen-bond donors (Lipinski definition) is 3. The second-order valence-corrected chi connectivity index (χ2v) is 19.3. The monoisotopic (exact) mass is 888 g/mol. The van der Waals surface area contributed by atoms with Gasteiger partial charge in [-0.05, 0) is 57.8 Å². The van der Waals surface area contributed by atoms with Gasteiger partial charge in [0.15, 0.2) is 0 Å². The molecule has 3 N–H and O–H groups in total. The molecule has 0 saturated heterocycles. The Morgan fingerprint density at radius 3 is 1.22 bits per heavy atom. The topological polar surface area (TPSA) is 95.9 Å². The Hall–Kier alpha value is -1.66. The highest BCUT2D eigenvalue weighted by molar-refractivity contribution is 5.76. The van der Waals surface area contributed by atoms with E-state index in [9.17, 15) is 19.8 Å². The molecule has 6 heteroatoms. The zero-order valence-corrected chi connectivity index (χ0v) is 42.3. The number of aliphatic hydroxyl groups excluding tert-OH is 2. The fraction of sp³-hybridized carbons (Fsp3) is 0.895. The molecule has 0 saturated carbocycles. The Labute approximate surface area is 392 Å². The Kier molecular flexibility index (Phi) is 51.6. The lowest BCUT2D eigenvalue weighted by atomic mass is 10.0. The van der Waals surface area contributed by atoms with Crippen LogP contribution in [0.3, 0.4) is 0 Å². The molecule has 0 rings (SSSR count). The molecule has 2 unspecified atom stereocenters. The lowest BCUT2D eigenvalue weighted by Crippen LogP contribution is -2.45. The first kappa shape index (κ1) is 61.3. The molecule has 0 radical (unpaired) electrons. The van der Waals surface area contributed by atoms with Crippen molar-refractivity contribution in [2.24, 2.45) is 0 Å². The van der Waals surface area contributed by atoms with Crippen LogP contribution in [0.1, 0.15) is 303 Å². The van der Waals surface area contributed by atoms with Crippen LogP contribution in [-0.2, 0) is 14.3 Å². The van der Waals surface area contributed by atoms with Crippen molar-refractivity contribution in [1.82, 2.24) is 5.32 Å². The number of carbonyl (C=O) groups is 2. The highest BCUT2D eigenvalue weighted by Crippen LogP contribution is 2.17. The van der Waals surface area contributed by atoms with E-state index in [1.54, 1.807) is 0 Å². The highest BCUT2D eigenvalue weighted by Gasteiger charge is 2.20. The van der Waals surface area contributed by atoms with Crippen molar-refractivity contribution < 1.29 is 24.5 Å². The zero-order valence-electron chi connectivity index (χ0n) is 42.3. The second kappa shape index (κ2) is 53.0. The number of hydrogen-bond acceptors (Lipinski definition) is 5. The van der Waals surface area contributed by atoms with Crippen molar-refractivity contribution in [2.45, 2.75) is 315 Å². The molecule has 2 atom stereocenters. The summed E-state index contributed by atoms with van der Waals surface area (Å²) in [5.41, 5.74) is 0. The molecule has 0 aromatic rings. The number of esters is 1. The van der Waals surface area contributed by atoms with Crippen molar-refractivity contribution in [3.05, 3.63) is 24.3 Å². The minimum absolute atomic E-state index is 0.00609. The molecule has 0 heterocycles. The zero-order chi connectivity index (χ0) is 45.8. The summed E-state index contributed by atoms with van der Waals surface area (Å²) in [6, 6.07) is -0.543. The average molecular weight is 889 g/mol. The molecule has 0 aromatic heterocycles. The number of rotatable bonds is 52. The largest absolute Gasteiger partial charge is 0.466 e. The van der Waals surface area contributed by atoms with E-state index in [4.69, 9.17) is 4.74 Å². The first-order valence-electron chi connectivity index (χ1n) is 28.1. The van der Waals surface area contributed by atoms with E-state index < -0.39 is 12.1 Å². The number of aliphatic hydroxyl groups is 2. The highest BCUT2D eigenvalue weighted by atomic mass is 16.5. The predicted octanol–water partition coefficient (Wildman–Crippen LogP) is 17.1. The van der Waals surface area contributed by atoms with Gasteiger partial charge in [0.05, 0.1) is 25.4 Å². The second-order valence-electron chi connectivity index (χ2n) is 19.3. The average Bonchev–Trinajstić information content (AvgIpc) is 3.28. The van der Waals surface area contributed by atoms with Gasteiger partial charge in [-0.3, -0.25) is 9.59 Å². The SMILES string of the molecule is CCCCCC/C=C\C/C=C\CCCCCCCC(=O)OCCCCCCCCCCCCCCCCCCCCC(=O)NC(CO)C(O)CCCCCCCCCCCCCC. The Bertz CT molecular complexity index is 982. The van der Waals surface area contributed by atoms with Gasteiger partial charge in [0.2, 0.25) is 5.91 Å². The van der Waals surface area contributed by atoms with E-state index in [1.165, 1.54) is 218 Å². The molecule has 0 aliphatic rings. The van der Waals surface area contributed by atoms with Crippen LogP contribution in [0.2, 0.25) is 0 Å². The molecular formula is C57H109NO5. The van der Waals surface area contributed by atoms with Crippen LogP contribution in [0.5, 0.6) is 0 Å². The van der Waals surface area contributed by atoms with Gasteiger partial charge in [0.25, 0.3) is 0 Å². The van der Waals surface area contributed by atoms with Crippen molar-refractivity contribution >= 4 is 11.9 Å². The Balaban J connectivity index is 3.40. The molecule has 6 nitrogen and oxygen atoms in total. The van der Waals surface area contributed by atoms with E-state index in [-0.39, 0.29) is 18.5 Å². The molecule has 0 aliphatic carbocycles. The molecule has 0 bridgehead atoms. The van der Waals surface area contributed by atoms with Gasteiger partial charge in [-0.1, -0.05) is 256 Å². The molecule has 1 amide bonds. The summed E-state index contributed by atoms with van der Waals surface area (Å²) in [6.45, 7) is 4.92. The van der Waals surface area contributed by atoms with Crippen LogP contribution in [0.25, 0.3) is 0 Å². The maximum Gasteiger partial charge on any atom is 0.305 e. The standard InChI is InChI=1S/C57H109NO5/c1-3-5-7-9-11-13-15-17-18-24-27-31-35-39-43-47-51-57(62)63-52-48-44-40-36-32-28-25-22-20-19-21-23-26-30-34-38-42-46-50-56(61)58-54(53-59)55(60)49-45-41-37-33-29-16-14-12-10-8-6-4-2/h13,15,18,24,54-55,59-60H,3-12,14,16-17,19-23,25-53H2,1-2H3,(H,58,61)/b15-13-,24-18-. The lowest BCUT2D eigenvalue weighted by Gasteiger charge is -2.22. The molecule has 0 fully saturated rings. The third-order valence-corrected chi connectivity index (χ3v) is 13.0. The van der Waals surface area contributed by atoms with Crippen LogP contribution in [0.15, 0.2) is 24.3 Å². The minimum atomic E-state index is -0.666. The van der Waals surface area contributed by atoms with Gasteiger partial charge in [-0.15, -0.1) is 0 Å². The van der Waals surface area contributed by atoms with Crippen LogP contribution >= 0.6 is 0 Å². The third kappa shape index (κ3) is 49.6. The predicted molar refractivity (Wildman–Crippen MR) is 273 cm³/mol. The van der Waals surface area contributed by atoms with Crippen LogP contribution in [0.4, 0.5) is 0 Å². The molecule has 372 valence electrons. The van der Waals surface area contributed by atoms with Gasteiger partial charge in [-0.2, -0.15) is 0 Å². The quantitative estimate of drug-likeness (QED) is 0.0321. The van der Waals surface area contributed by atoms with E-state index in [0.717, 1.165) is 51.4 Å². The van der Waals surface area contributed by atoms with Gasteiger partial charge in [-0.25, -0.2) is 0 Å². The Morgan fingerprint density at radius 2 is 0.794 bits per heavy atom. The number of allylic oxidation sites excluding steroid dienone is 4. The van der Waals surface area contributed by atoms with Crippen LogP contribution in [-0.4, -0.2) is 47.4 Å². The third-order valence-electron chi connectivity index (χ3n) is 13.0. The number of nitrogens with one attached hydrogen (secondary N) is 1. The minimum Gasteiger partial charge on any atom is -0.466 e. The first-order chi connectivity index (χ1) is 31.0. The molecule has 0 aromatic carbocycles. The number of amides is 1. The smallest absolute Gasteiger partial charge is 0.305 e. The molecule has 0 aliphatic heterocycles. The molecule has 63 heavy (non-hydrogen) atoms. The fourth-order valence-electron chi connectivity index (χ4n) is 8.67. The van der Waals surface area contributed by atoms with Crippen molar-refractivity contribution in [3.8, 4) is 0 Å². The summed E-state index contributed by atoms with van der Waals surface area (Å²) < 4.78 is 5.47. The van der Waals surface area contributed by atoms with Gasteiger partial charge in [0, 0.05) is 12.8 Å². The van der Waals surface area contributed by atoms with Crippen molar-refractivity contribution in [3.63, 3.8) is 0 Å². The van der Waals surface area contributed by atoms with Gasteiger partial charge >= 0.3 is 5.97 Å². The summed E-state index contributed by atoms with van der Waals surface area (Å²) in [6.07, 6.45) is 63.0. The molecular weight excluding hydrogens is 779 g/mol. The summed E-state index contributed by atoms with van der Waals surface area (Å²) in [4.78, 5) is 24.5. The van der Waals surface area contributed by atoms with Crippen LogP contribution in [0, 0.1) is 0 Å². The lowest BCUT2D eigenvalue weighted by molar-refractivity contribution is -0.143. The molecule has 0 spiro atoms.